The molecule has 0 aliphatic rings. The molecule has 4 heteroatoms. The van der Waals surface area contributed by atoms with Crippen LogP contribution in [0.15, 0.2) is 28.8 Å². The van der Waals surface area contributed by atoms with Gasteiger partial charge < -0.3 is 9.84 Å². The average molecular weight is 245 g/mol. The summed E-state index contributed by atoms with van der Waals surface area (Å²) in [5.41, 5.74) is 2.44. The molecule has 1 aromatic heterocycles. The zero-order valence-corrected chi connectivity index (χ0v) is 11.1. The fourth-order valence-electron chi connectivity index (χ4n) is 1.61. The summed E-state index contributed by atoms with van der Waals surface area (Å²) in [7, 11) is 0. The smallest absolute Gasteiger partial charge is 0.231 e. The van der Waals surface area contributed by atoms with Gasteiger partial charge in [-0.15, -0.1) is 0 Å². The molecule has 0 atom stereocenters. The van der Waals surface area contributed by atoms with Crippen LogP contribution < -0.4 is 5.32 Å². The highest BCUT2D eigenvalue weighted by Gasteiger charge is 2.07. The average Bonchev–Trinajstić information content (AvgIpc) is 2.77. The molecular formula is C14H19N3O. The highest BCUT2D eigenvalue weighted by atomic mass is 16.5. The molecule has 96 valence electrons. The van der Waals surface area contributed by atoms with Crippen LogP contribution in [0, 0.1) is 6.92 Å². The van der Waals surface area contributed by atoms with Crippen molar-refractivity contribution in [3.05, 3.63) is 47.1 Å². The van der Waals surface area contributed by atoms with Crippen LogP contribution in [0.3, 0.4) is 0 Å². The van der Waals surface area contributed by atoms with Crippen LogP contribution in [0.25, 0.3) is 0 Å². The van der Waals surface area contributed by atoms with Gasteiger partial charge in [-0.1, -0.05) is 48.8 Å². The number of hydrogen-bond acceptors (Lipinski definition) is 4. The highest BCUT2D eigenvalue weighted by molar-refractivity contribution is 5.23. The Bertz CT molecular complexity index is 488. The summed E-state index contributed by atoms with van der Waals surface area (Å²) < 4.78 is 5.23. The van der Waals surface area contributed by atoms with Crippen molar-refractivity contribution in [3.8, 4) is 0 Å². The van der Waals surface area contributed by atoms with Crippen LogP contribution >= 0.6 is 0 Å². The normalized spacial score (nSPS) is 11.1. The van der Waals surface area contributed by atoms with Crippen LogP contribution in [0.1, 0.15) is 36.7 Å². The molecule has 0 unspecified atom stereocenters. The van der Waals surface area contributed by atoms with Gasteiger partial charge in [0.1, 0.15) is 0 Å². The van der Waals surface area contributed by atoms with Gasteiger partial charge in [0.05, 0.1) is 13.0 Å². The van der Waals surface area contributed by atoms with Crippen molar-refractivity contribution >= 4 is 0 Å². The second-order valence-corrected chi connectivity index (χ2v) is 4.80. The molecule has 2 aromatic rings. The van der Waals surface area contributed by atoms with Gasteiger partial charge in [-0.25, -0.2) is 0 Å². The van der Waals surface area contributed by atoms with Crippen LogP contribution in [0.5, 0.6) is 0 Å². The van der Waals surface area contributed by atoms with E-state index in [1.54, 1.807) is 0 Å². The van der Waals surface area contributed by atoms with Crippen molar-refractivity contribution < 1.29 is 4.52 Å². The van der Waals surface area contributed by atoms with Gasteiger partial charge in [0.15, 0.2) is 5.82 Å². The third-order valence-electron chi connectivity index (χ3n) is 2.65. The molecule has 1 heterocycles. The highest BCUT2D eigenvalue weighted by Crippen LogP contribution is 2.09. The lowest BCUT2D eigenvalue weighted by atomic mass is 10.1. The van der Waals surface area contributed by atoms with Crippen molar-refractivity contribution in [3.63, 3.8) is 0 Å². The van der Waals surface area contributed by atoms with Gasteiger partial charge in [0.25, 0.3) is 0 Å². The van der Waals surface area contributed by atoms with Gasteiger partial charge >= 0.3 is 0 Å². The summed E-state index contributed by atoms with van der Waals surface area (Å²) in [6.45, 7) is 6.90. The van der Waals surface area contributed by atoms with Gasteiger partial charge in [-0.05, 0) is 12.5 Å². The van der Waals surface area contributed by atoms with E-state index in [9.17, 15) is 0 Å². The Hall–Kier alpha value is -1.68. The number of aryl methyl sites for hydroxylation is 1. The lowest BCUT2D eigenvalue weighted by Gasteiger charge is -2.03. The van der Waals surface area contributed by atoms with E-state index >= 15 is 0 Å². The Labute approximate surface area is 107 Å². The third-order valence-corrected chi connectivity index (χ3v) is 2.65. The molecule has 0 radical (unpaired) electrons. The second-order valence-electron chi connectivity index (χ2n) is 4.80. The molecule has 4 nitrogen and oxygen atoms in total. The monoisotopic (exact) mass is 245 g/mol. The molecule has 0 saturated heterocycles. The van der Waals surface area contributed by atoms with Crippen molar-refractivity contribution in [1.82, 2.24) is 15.5 Å². The standard InChI is InChI=1S/C14H19N3O/c1-10(2)15-9-13-16-14(18-17-13)8-12-6-4-11(3)5-7-12/h4-7,10,15H,8-9H2,1-3H3. The molecule has 1 aromatic carbocycles. The molecule has 2 rings (SSSR count). The fraction of sp³-hybridized carbons (Fsp3) is 0.429. The predicted molar refractivity (Wildman–Crippen MR) is 70.3 cm³/mol. The Kier molecular flexibility index (Phi) is 4.10. The molecule has 0 amide bonds. The summed E-state index contributed by atoms with van der Waals surface area (Å²) in [4.78, 5) is 4.36. The number of nitrogens with zero attached hydrogens (tertiary/aromatic N) is 2. The van der Waals surface area contributed by atoms with Crippen molar-refractivity contribution in [2.24, 2.45) is 0 Å². The minimum atomic E-state index is 0.420. The quantitative estimate of drug-likeness (QED) is 0.879. The lowest BCUT2D eigenvalue weighted by Crippen LogP contribution is -2.22. The van der Waals surface area contributed by atoms with E-state index in [1.165, 1.54) is 11.1 Å². The fourth-order valence-corrected chi connectivity index (χ4v) is 1.61. The van der Waals surface area contributed by atoms with E-state index < -0.39 is 0 Å². The predicted octanol–water partition coefficient (Wildman–Crippen LogP) is 2.47. The Morgan fingerprint density at radius 3 is 2.61 bits per heavy atom. The van der Waals surface area contributed by atoms with Crippen LogP contribution in [0.4, 0.5) is 0 Å². The van der Waals surface area contributed by atoms with Gasteiger partial charge in [-0.3, -0.25) is 0 Å². The van der Waals surface area contributed by atoms with Gasteiger partial charge in [-0.2, -0.15) is 4.98 Å². The molecule has 0 spiro atoms. The molecule has 0 aliphatic heterocycles. The summed E-state index contributed by atoms with van der Waals surface area (Å²) in [5, 5.41) is 7.21. The molecule has 0 aliphatic carbocycles. The van der Waals surface area contributed by atoms with Crippen molar-refractivity contribution in [2.45, 2.75) is 39.8 Å². The summed E-state index contributed by atoms with van der Waals surface area (Å²) >= 11 is 0. The minimum Gasteiger partial charge on any atom is -0.339 e. The number of aromatic nitrogens is 2. The summed E-state index contributed by atoms with van der Waals surface area (Å²) in [6, 6.07) is 8.78. The van der Waals surface area contributed by atoms with Crippen LogP contribution in [-0.2, 0) is 13.0 Å². The second kappa shape index (κ2) is 5.78. The first kappa shape index (κ1) is 12.8. The van der Waals surface area contributed by atoms with E-state index in [2.05, 4.69) is 60.5 Å². The Balaban J connectivity index is 1.95. The first-order valence-corrected chi connectivity index (χ1v) is 6.24. The molecule has 1 N–H and O–H groups in total. The zero-order valence-electron chi connectivity index (χ0n) is 11.1. The van der Waals surface area contributed by atoms with E-state index in [0.717, 1.165) is 0 Å². The van der Waals surface area contributed by atoms with Gasteiger partial charge in [0.2, 0.25) is 5.89 Å². The number of rotatable bonds is 5. The first-order valence-electron chi connectivity index (χ1n) is 6.24. The number of benzene rings is 1. The Morgan fingerprint density at radius 1 is 1.22 bits per heavy atom. The summed E-state index contributed by atoms with van der Waals surface area (Å²) in [6.07, 6.45) is 0.689. The summed E-state index contributed by atoms with van der Waals surface area (Å²) in [5.74, 6) is 1.38. The van der Waals surface area contributed by atoms with Crippen molar-refractivity contribution in [1.29, 1.82) is 0 Å². The van der Waals surface area contributed by atoms with E-state index in [1.807, 2.05) is 0 Å². The lowest BCUT2D eigenvalue weighted by molar-refractivity contribution is 0.376. The van der Waals surface area contributed by atoms with E-state index in [0.29, 0.717) is 30.7 Å². The minimum absolute atomic E-state index is 0.420. The van der Waals surface area contributed by atoms with E-state index in [4.69, 9.17) is 4.52 Å². The maximum atomic E-state index is 5.23. The number of hydrogen-bond donors (Lipinski definition) is 1. The van der Waals surface area contributed by atoms with Crippen molar-refractivity contribution in [2.75, 3.05) is 0 Å². The molecule has 0 fully saturated rings. The number of nitrogens with one attached hydrogen (secondary N) is 1. The van der Waals surface area contributed by atoms with Gasteiger partial charge in [0, 0.05) is 6.04 Å². The third kappa shape index (κ3) is 3.67. The van der Waals surface area contributed by atoms with E-state index in [-0.39, 0.29) is 0 Å². The SMILES string of the molecule is Cc1ccc(Cc2nc(CNC(C)C)no2)cc1. The molecular weight excluding hydrogens is 226 g/mol. The molecule has 0 saturated carbocycles. The largest absolute Gasteiger partial charge is 0.339 e. The van der Waals surface area contributed by atoms with Crippen LogP contribution in [-0.4, -0.2) is 16.2 Å². The molecule has 18 heavy (non-hydrogen) atoms. The maximum absolute atomic E-state index is 5.23. The molecule has 0 bridgehead atoms. The zero-order chi connectivity index (χ0) is 13.0. The first-order chi connectivity index (χ1) is 8.63. The Morgan fingerprint density at radius 2 is 1.94 bits per heavy atom. The van der Waals surface area contributed by atoms with Crippen LogP contribution in [0.2, 0.25) is 0 Å². The maximum Gasteiger partial charge on any atom is 0.231 e. The topological polar surface area (TPSA) is 51.0 Å².